The number of carbonyl (C=O) groups is 3. The lowest BCUT2D eigenvalue weighted by atomic mass is 9.93. The Bertz CT molecular complexity index is 1790. The van der Waals surface area contributed by atoms with Crippen LogP contribution in [0.4, 0.5) is 16.4 Å². The Balaban J connectivity index is 1.29. The summed E-state index contributed by atoms with van der Waals surface area (Å²) >= 11 is 0. The lowest BCUT2D eigenvalue weighted by Gasteiger charge is -2.33. The molecule has 0 unspecified atom stereocenters. The van der Waals surface area contributed by atoms with Crippen LogP contribution >= 0.6 is 0 Å². The Hall–Kier alpha value is -5.60. The van der Waals surface area contributed by atoms with Crippen molar-refractivity contribution >= 4 is 40.8 Å². The van der Waals surface area contributed by atoms with E-state index in [4.69, 9.17) is 14.2 Å². The van der Waals surface area contributed by atoms with Crippen molar-refractivity contribution in [3.05, 3.63) is 82.2 Å². The molecule has 0 spiro atoms. The molecule has 15 heteroatoms. The van der Waals surface area contributed by atoms with Crippen LogP contribution in [-0.4, -0.2) is 66.2 Å². The molecule has 2 amide bonds. The number of anilines is 1. The Morgan fingerprint density at radius 2 is 1.79 bits per heavy atom. The highest BCUT2D eigenvalue weighted by Gasteiger charge is 2.50. The van der Waals surface area contributed by atoms with Crippen molar-refractivity contribution in [3.63, 3.8) is 0 Å². The molecule has 48 heavy (non-hydrogen) atoms. The van der Waals surface area contributed by atoms with Crippen LogP contribution in [0.1, 0.15) is 51.7 Å². The third-order valence-corrected chi connectivity index (χ3v) is 7.62. The summed E-state index contributed by atoms with van der Waals surface area (Å²) in [7, 11) is 0. The van der Waals surface area contributed by atoms with Crippen LogP contribution in [0.15, 0.2) is 60.9 Å². The summed E-state index contributed by atoms with van der Waals surface area (Å²) in [5, 5.41) is 13.5. The van der Waals surface area contributed by atoms with E-state index >= 15 is 0 Å². The lowest BCUT2D eigenvalue weighted by Crippen LogP contribution is -2.48. The van der Waals surface area contributed by atoms with Crippen molar-refractivity contribution in [1.82, 2.24) is 24.4 Å². The van der Waals surface area contributed by atoms with Crippen LogP contribution in [0.5, 0.6) is 5.88 Å². The summed E-state index contributed by atoms with van der Waals surface area (Å²) in [6.07, 6.45) is 1.30. The molecule has 3 heterocycles. The topological polar surface area (TPSA) is 181 Å². The second-order valence-corrected chi connectivity index (χ2v) is 12.4. The number of nitro groups is 1. The number of nitro benzene ring substituents is 1. The molecule has 0 radical (unpaired) electrons. The van der Waals surface area contributed by atoms with Gasteiger partial charge in [-0.15, -0.1) is 0 Å². The van der Waals surface area contributed by atoms with Crippen molar-refractivity contribution < 1.29 is 33.5 Å². The number of fused-ring (bicyclic) bond motifs is 1. The normalized spacial score (nSPS) is 16.1. The van der Waals surface area contributed by atoms with E-state index in [0.717, 1.165) is 11.1 Å². The first-order valence-electron chi connectivity index (χ1n) is 15.5. The minimum absolute atomic E-state index is 0.00258. The Morgan fingerprint density at radius 3 is 2.46 bits per heavy atom. The number of hydrogen-bond donors (Lipinski definition) is 1. The van der Waals surface area contributed by atoms with Gasteiger partial charge in [-0.3, -0.25) is 25.1 Å². The number of cyclic esters (lactones) is 1. The van der Waals surface area contributed by atoms with Gasteiger partial charge in [0.05, 0.1) is 17.9 Å². The third-order valence-electron chi connectivity index (χ3n) is 7.62. The summed E-state index contributed by atoms with van der Waals surface area (Å²) in [5.41, 5.74) is 1.87. The molecular weight excluding hydrogens is 622 g/mol. The van der Waals surface area contributed by atoms with Crippen LogP contribution in [-0.2, 0) is 38.6 Å². The van der Waals surface area contributed by atoms with Crippen LogP contribution in [0.2, 0.25) is 0 Å². The Kier molecular flexibility index (Phi) is 10.2. The first-order chi connectivity index (χ1) is 22.9. The molecule has 2 aromatic carbocycles. The fourth-order valence-electron chi connectivity index (χ4n) is 5.29. The number of hydrogen-bond acceptors (Lipinski definition) is 11. The molecule has 1 aliphatic rings. The highest BCUT2D eigenvalue weighted by atomic mass is 16.6. The molecule has 1 N–H and O–H groups in total. The summed E-state index contributed by atoms with van der Waals surface area (Å²) in [6, 6.07) is 14.6. The van der Waals surface area contributed by atoms with Gasteiger partial charge in [0.1, 0.15) is 12.6 Å². The van der Waals surface area contributed by atoms with Crippen LogP contribution < -0.4 is 10.1 Å². The van der Waals surface area contributed by atoms with E-state index < -0.39 is 34.7 Å². The average Bonchev–Trinajstić information content (AvgIpc) is 3.61. The number of esters is 1. The van der Waals surface area contributed by atoms with Gasteiger partial charge in [-0.1, -0.05) is 63.2 Å². The van der Waals surface area contributed by atoms with Gasteiger partial charge in [0.25, 0.3) is 5.69 Å². The zero-order valence-electron chi connectivity index (χ0n) is 27.1. The number of non-ortho nitro benzene ring substituents is 1. The minimum Gasteiger partial charge on any atom is -0.476 e. The van der Waals surface area contributed by atoms with Crippen molar-refractivity contribution in [2.45, 2.75) is 72.4 Å². The standard InChI is InChI=1S/C33H37N7O8/c1-21(41)35-31-36-27-26(28(37-31)46-18-16-22-12-14-24(15-13-22)40(44)45)34-20-38(27)17-8-11-25-29(42)48-30(33(2,3)4)39(25)32(43)47-19-23-9-6-5-7-10-23/h5-7,9-10,12-15,20,25,30H,8,11,16-19H2,1-4H3,(H,35,36,37,41)/t25-,30-/m0/s1. The van der Waals surface area contributed by atoms with Gasteiger partial charge >= 0.3 is 12.1 Å². The second kappa shape index (κ2) is 14.4. The fraction of sp³-hybridized carbons (Fsp3) is 0.394. The first-order valence-corrected chi connectivity index (χ1v) is 15.5. The number of amides is 2. The van der Waals surface area contributed by atoms with E-state index in [1.807, 2.05) is 51.1 Å². The number of aryl methyl sites for hydroxylation is 1. The van der Waals surface area contributed by atoms with E-state index in [1.54, 1.807) is 23.0 Å². The van der Waals surface area contributed by atoms with Gasteiger partial charge in [-0.2, -0.15) is 9.97 Å². The molecule has 1 saturated heterocycles. The van der Waals surface area contributed by atoms with E-state index in [2.05, 4.69) is 20.3 Å². The second-order valence-electron chi connectivity index (χ2n) is 12.4. The number of ether oxygens (including phenoxy) is 3. The zero-order chi connectivity index (χ0) is 34.4. The molecule has 2 atom stereocenters. The molecule has 0 aliphatic carbocycles. The summed E-state index contributed by atoms with van der Waals surface area (Å²) in [4.78, 5) is 63.4. The highest BCUT2D eigenvalue weighted by Crippen LogP contribution is 2.35. The SMILES string of the molecule is CC(=O)Nc1nc(OCCc2ccc([N+](=O)[O-])cc2)c2ncn(CCC[C@H]3C(=O)O[C@@H](C(C)(C)C)N3C(=O)OCc3ccccc3)c2n1. The number of nitrogens with zero attached hydrogens (tertiary/aromatic N) is 6. The molecule has 252 valence electrons. The van der Waals surface area contributed by atoms with Crippen molar-refractivity contribution in [3.8, 4) is 5.88 Å². The molecule has 5 rings (SSSR count). The monoisotopic (exact) mass is 659 g/mol. The smallest absolute Gasteiger partial charge is 0.413 e. The van der Waals surface area contributed by atoms with Crippen molar-refractivity contribution in [2.24, 2.45) is 5.41 Å². The third kappa shape index (κ3) is 8.03. The van der Waals surface area contributed by atoms with E-state index in [0.29, 0.717) is 30.6 Å². The first kappa shape index (κ1) is 33.8. The molecule has 2 aromatic heterocycles. The fourth-order valence-corrected chi connectivity index (χ4v) is 5.29. The number of aromatic nitrogens is 4. The summed E-state index contributed by atoms with van der Waals surface area (Å²) < 4.78 is 19.0. The molecule has 0 saturated carbocycles. The highest BCUT2D eigenvalue weighted by molar-refractivity contribution is 5.88. The predicted molar refractivity (Wildman–Crippen MR) is 173 cm³/mol. The van der Waals surface area contributed by atoms with Gasteiger partial charge in [0.2, 0.25) is 17.7 Å². The maximum atomic E-state index is 13.3. The van der Waals surface area contributed by atoms with E-state index in [1.165, 1.54) is 24.0 Å². The number of imidazole rings is 1. The number of carbonyl (C=O) groups excluding carboxylic acids is 3. The zero-order valence-corrected chi connectivity index (χ0v) is 27.1. The predicted octanol–water partition coefficient (Wildman–Crippen LogP) is 5.03. The summed E-state index contributed by atoms with van der Waals surface area (Å²) in [5.74, 6) is -0.684. The molecule has 1 fully saturated rings. The molecule has 1 aliphatic heterocycles. The van der Waals surface area contributed by atoms with Crippen LogP contribution in [0.25, 0.3) is 11.2 Å². The van der Waals surface area contributed by atoms with E-state index in [9.17, 15) is 24.5 Å². The lowest BCUT2D eigenvalue weighted by molar-refractivity contribution is -0.384. The largest absolute Gasteiger partial charge is 0.476 e. The van der Waals surface area contributed by atoms with Gasteiger partial charge < -0.3 is 18.8 Å². The van der Waals surface area contributed by atoms with Gasteiger partial charge in [-0.25, -0.2) is 14.6 Å². The molecule has 15 nitrogen and oxygen atoms in total. The van der Waals surface area contributed by atoms with Gasteiger partial charge in [-0.05, 0) is 24.0 Å². The quantitative estimate of drug-likeness (QED) is 0.122. The van der Waals surface area contributed by atoms with E-state index in [-0.39, 0.29) is 43.1 Å². The number of rotatable bonds is 12. The maximum absolute atomic E-state index is 13.3. The minimum atomic E-state index is -0.852. The van der Waals surface area contributed by atoms with Crippen LogP contribution in [0.3, 0.4) is 0 Å². The maximum Gasteiger partial charge on any atom is 0.413 e. The number of nitrogens with one attached hydrogen (secondary N) is 1. The Morgan fingerprint density at radius 1 is 1.06 bits per heavy atom. The van der Waals surface area contributed by atoms with Gasteiger partial charge in [0.15, 0.2) is 17.4 Å². The van der Waals surface area contributed by atoms with Gasteiger partial charge in [0, 0.05) is 37.4 Å². The van der Waals surface area contributed by atoms with Crippen molar-refractivity contribution in [1.29, 1.82) is 0 Å². The van der Waals surface area contributed by atoms with Crippen LogP contribution in [0, 0.1) is 15.5 Å². The number of benzene rings is 2. The van der Waals surface area contributed by atoms with Crippen molar-refractivity contribution in [2.75, 3.05) is 11.9 Å². The average molecular weight is 660 g/mol. The summed E-state index contributed by atoms with van der Waals surface area (Å²) in [6.45, 7) is 7.62. The molecule has 0 bridgehead atoms. The molecule has 4 aromatic rings. The molecular formula is C33H37N7O8. The Labute approximate surface area is 276 Å².